The molecule has 0 amide bonds. The molecule has 1 unspecified atom stereocenters. The average Bonchev–Trinajstić information content (AvgIpc) is 2.91. The second-order valence-corrected chi connectivity index (χ2v) is 9.18. The van der Waals surface area contributed by atoms with Crippen molar-refractivity contribution in [1.29, 1.82) is 0 Å². The summed E-state index contributed by atoms with van der Waals surface area (Å²) in [4.78, 5) is 11.1. The maximum absolute atomic E-state index is 11.1. The molecule has 1 aliphatic heterocycles. The lowest BCUT2D eigenvalue weighted by molar-refractivity contribution is -0.151. The van der Waals surface area contributed by atoms with Gasteiger partial charge in [0, 0.05) is 11.6 Å². The van der Waals surface area contributed by atoms with Crippen molar-refractivity contribution >= 4 is 5.97 Å². The van der Waals surface area contributed by atoms with E-state index in [4.69, 9.17) is 4.74 Å². The van der Waals surface area contributed by atoms with E-state index in [1.807, 2.05) is 0 Å². The molecule has 0 spiro atoms. The van der Waals surface area contributed by atoms with Crippen LogP contribution in [0.3, 0.4) is 0 Å². The summed E-state index contributed by atoms with van der Waals surface area (Å²) in [6, 6.07) is 0. The molecule has 1 N–H and O–H groups in total. The van der Waals surface area contributed by atoms with Gasteiger partial charge in [0.15, 0.2) is 0 Å². The highest BCUT2D eigenvalue weighted by Crippen LogP contribution is 2.42. The number of cyclic esters (lactones) is 1. The predicted molar refractivity (Wildman–Crippen MR) is 116 cm³/mol. The molecule has 1 aliphatic carbocycles. The second-order valence-electron chi connectivity index (χ2n) is 9.18. The van der Waals surface area contributed by atoms with Gasteiger partial charge in [-0.05, 0) is 84.0 Å². The van der Waals surface area contributed by atoms with Gasteiger partial charge in [-0.15, -0.1) is 0 Å². The molecule has 1 atom stereocenters. The molecule has 0 radical (unpaired) electrons. The van der Waals surface area contributed by atoms with Crippen LogP contribution in [0.2, 0.25) is 0 Å². The van der Waals surface area contributed by atoms with Crippen molar-refractivity contribution in [2.75, 3.05) is 0 Å². The molecule has 3 nitrogen and oxygen atoms in total. The number of rotatable bonds is 9. The van der Waals surface area contributed by atoms with Crippen LogP contribution >= 0.6 is 0 Å². The van der Waals surface area contributed by atoms with Crippen LogP contribution in [-0.2, 0) is 9.53 Å². The number of allylic oxidation sites excluding steroid dienone is 6. The quantitative estimate of drug-likeness (QED) is 0.361. The lowest BCUT2D eigenvalue weighted by atomic mass is 9.71. The number of hydrogen-bond donors (Lipinski definition) is 1. The van der Waals surface area contributed by atoms with Gasteiger partial charge in [0.2, 0.25) is 6.29 Å². The first kappa shape index (κ1) is 22.7. The maximum atomic E-state index is 11.1. The van der Waals surface area contributed by atoms with Crippen molar-refractivity contribution < 1.29 is 14.6 Å². The molecule has 0 aromatic rings. The van der Waals surface area contributed by atoms with E-state index in [0.717, 1.165) is 19.3 Å². The SMILES string of the molecule is CC1=C(CC/C(C)=C/CC/C(C)=C/CCC2=CC(=O)OC2O)C(C)(C)CCC1. The van der Waals surface area contributed by atoms with Crippen molar-refractivity contribution in [3.05, 3.63) is 46.1 Å². The molecule has 0 aromatic heterocycles. The number of aliphatic hydroxyl groups is 1. The van der Waals surface area contributed by atoms with Crippen LogP contribution in [0.4, 0.5) is 0 Å². The molecule has 0 aromatic carbocycles. The number of aliphatic hydroxyl groups excluding tert-OH is 1. The summed E-state index contributed by atoms with van der Waals surface area (Å²) < 4.78 is 4.70. The molecule has 3 heteroatoms. The average molecular weight is 387 g/mol. The first-order chi connectivity index (χ1) is 13.2. The van der Waals surface area contributed by atoms with Gasteiger partial charge >= 0.3 is 5.97 Å². The highest BCUT2D eigenvalue weighted by molar-refractivity contribution is 5.85. The third kappa shape index (κ3) is 6.77. The van der Waals surface area contributed by atoms with Gasteiger partial charge in [-0.25, -0.2) is 4.79 Å². The van der Waals surface area contributed by atoms with Crippen molar-refractivity contribution in [2.24, 2.45) is 5.41 Å². The molecule has 28 heavy (non-hydrogen) atoms. The standard InChI is InChI=1S/C25H38O3/c1-18(11-7-13-21-17-23(26)28-24(21)27)9-6-10-19(2)14-15-22-20(3)12-8-16-25(22,4)5/h10-11,17,24,27H,6-9,12-16H2,1-5H3/b18-11+,19-10+. The third-order valence-corrected chi connectivity index (χ3v) is 6.26. The summed E-state index contributed by atoms with van der Waals surface area (Å²) in [5.41, 5.74) is 7.21. The normalized spacial score (nSPS) is 23.1. The van der Waals surface area contributed by atoms with E-state index in [0.29, 0.717) is 17.4 Å². The van der Waals surface area contributed by atoms with E-state index >= 15 is 0 Å². The highest BCUT2D eigenvalue weighted by Gasteiger charge is 2.27. The topological polar surface area (TPSA) is 46.5 Å². The van der Waals surface area contributed by atoms with E-state index in [-0.39, 0.29) is 0 Å². The Hall–Kier alpha value is -1.61. The van der Waals surface area contributed by atoms with Crippen molar-refractivity contribution in [3.8, 4) is 0 Å². The molecule has 2 aliphatic rings. The molecule has 0 saturated carbocycles. The lowest BCUT2D eigenvalue weighted by Gasteiger charge is -2.35. The Bertz CT molecular complexity index is 689. The van der Waals surface area contributed by atoms with Gasteiger partial charge in [-0.1, -0.05) is 48.3 Å². The van der Waals surface area contributed by atoms with Crippen molar-refractivity contribution in [3.63, 3.8) is 0 Å². The minimum atomic E-state index is -1.04. The highest BCUT2D eigenvalue weighted by atomic mass is 16.6. The van der Waals surface area contributed by atoms with Gasteiger partial charge in [-0.2, -0.15) is 0 Å². The third-order valence-electron chi connectivity index (χ3n) is 6.26. The van der Waals surface area contributed by atoms with Gasteiger partial charge in [-0.3, -0.25) is 0 Å². The molecular formula is C25H38O3. The Morgan fingerprint density at radius 3 is 2.50 bits per heavy atom. The zero-order valence-corrected chi connectivity index (χ0v) is 18.4. The summed E-state index contributed by atoms with van der Waals surface area (Å²) in [5.74, 6) is -0.439. The van der Waals surface area contributed by atoms with Crippen molar-refractivity contribution in [1.82, 2.24) is 0 Å². The summed E-state index contributed by atoms with van der Waals surface area (Å²) in [6.45, 7) is 11.5. The Balaban J connectivity index is 1.72. The van der Waals surface area contributed by atoms with E-state index in [1.54, 1.807) is 11.1 Å². The largest absolute Gasteiger partial charge is 0.429 e. The van der Waals surface area contributed by atoms with Gasteiger partial charge in [0.05, 0.1) is 0 Å². The molecule has 0 saturated heterocycles. The molecular weight excluding hydrogens is 348 g/mol. The Labute approximate surface area is 171 Å². The second kappa shape index (κ2) is 10.2. The van der Waals surface area contributed by atoms with Crippen LogP contribution in [-0.4, -0.2) is 17.4 Å². The van der Waals surface area contributed by atoms with E-state index in [2.05, 4.69) is 46.8 Å². The van der Waals surface area contributed by atoms with E-state index in [1.165, 1.54) is 49.3 Å². The monoisotopic (exact) mass is 386 g/mol. The predicted octanol–water partition coefficient (Wildman–Crippen LogP) is 6.55. The number of carbonyl (C=O) groups excluding carboxylic acids is 1. The minimum absolute atomic E-state index is 0.375. The van der Waals surface area contributed by atoms with E-state index in [9.17, 15) is 9.90 Å². The fraction of sp³-hybridized carbons (Fsp3) is 0.640. The van der Waals surface area contributed by atoms with Crippen LogP contribution in [0.25, 0.3) is 0 Å². The zero-order chi connectivity index (χ0) is 20.7. The molecule has 156 valence electrons. The Morgan fingerprint density at radius 2 is 1.86 bits per heavy atom. The number of ether oxygens (including phenoxy) is 1. The molecule has 1 heterocycles. The number of carbonyl (C=O) groups is 1. The molecule has 0 fully saturated rings. The zero-order valence-electron chi connectivity index (χ0n) is 18.4. The van der Waals surface area contributed by atoms with Crippen LogP contribution in [0, 0.1) is 5.41 Å². The summed E-state index contributed by atoms with van der Waals surface area (Å²) in [6.07, 6.45) is 14.9. The fourth-order valence-electron chi connectivity index (χ4n) is 4.42. The van der Waals surface area contributed by atoms with E-state index < -0.39 is 12.3 Å². The van der Waals surface area contributed by atoms with Gasteiger partial charge in [0.25, 0.3) is 0 Å². The first-order valence-corrected chi connectivity index (χ1v) is 10.8. The fourth-order valence-corrected chi connectivity index (χ4v) is 4.42. The summed E-state index contributed by atoms with van der Waals surface area (Å²) in [7, 11) is 0. The van der Waals surface area contributed by atoms with Crippen molar-refractivity contribution in [2.45, 2.75) is 98.7 Å². The number of esters is 1. The summed E-state index contributed by atoms with van der Waals surface area (Å²) in [5, 5.41) is 9.58. The number of hydrogen-bond acceptors (Lipinski definition) is 3. The van der Waals surface area contributed by atoms with Crippen LogP contribution < -0.4 is 0 Å². The Kier molecular flexibility index (Phi) is 8.30. The summed E-state index contributed by atoms with van der Waals surface area (Å²) >= 11 is 0. The molecule has 2 rings (SSSR count). The maximum Gasteiger partial charge on any atom is 0.333 e. The minimum Gasteiger partial charge on any atom is -0.429 e. The Morgan fingerprint density at radius 1 is 1.18 bits per heavy atom. The van der Waals surface area contributed by atoms with Crippen LogP contribution in [0.15, 0.2) is 46.1 Å². The lowest BCUT2D eigenvalue weighted by Crippen LogP contribution is -2.20. The first-order valence-electron chi connectivity index (χ1n) is 10.8. The smallest absolute Gasteiger partial charge is 0.333 e. The van der Waals surface area contributed by atoms with Crippen LogP contribution in [0.1, 0.15) is 92.4 Å². The van der Waals surface area contributed by atoms with Gasteiger partial charge in [0.1, 0.15) is 0 Å². The van der Waals surface area contributed by atoms with Crippen LogP contribution in [0.5, 0.6) is 0 Å². The molecule has 0 bridgehead atoms. The van der Waals surface area contributed by atoms with Gasteiger partial charge < -0.3 is 9.84 Å².